The Morgan fingerprint density at radius 1 is 0.545 bits per heavy atom. The zero-order valence-corrected chi connectivity index (χ0v) is 45.4. The predicted molar refractivity (Wildman–Crippen MR) is 274 cm³/mol. The number of alkyl halides is 6. The number of hydrogen-bond donors (Lipinski definition) is 3. The van der Waals surface area contributed by atoms with Gasteiger partial charge in [-0.05, 0) is 148 Å². The molecule has 2 aromatic heterocycles. The number of benzene rings is 6. The molecule has 2 atom stereocenters. The number of carboxylic acids is 1. The van der Waals surface area contributed by atoms with E-state index in [-0.39, 0.29) is 70.5 Å². The van der Waals surface area contributed by atoms with E-state index in [4.69, 9.17) is 9.84 Å². The maximum Gasteiger partial charge on any atom is 1.00 e. The molecule has 13 nitrogen and oxygen atoms in total. The van der Waals surface area contributed by atoms with Crippen molar-refractivity contribution in [1.29, 1.82) is 0 Å². The van der Waals surface area contributed by atoms with Gasteiger partial charge in [-0.2, -0.15) is 36.5 Å². The van der Waals surface area contributed by atoms with Crippen LogP contribution in [0.3, 0.4) is 0 Å². The second-order valence-electron chi connectivity index (χ2n) is 18.6. The third kappa shape index (κ3) is 14.2. The van der Waals surface area contributed by atoms with Crippen molar-refractivity contribution in [2.45, 2.75) is 90.9 Å². The van der Waals surface area contributed by atoms with Crippen molar-refractivity contribution in [3.8, 4) is 0 Å². The van der Waals surface area contributed by atoms with Gasteiger partial charge in [0, 0.05) is 22.9 Å². The average molecular weight is 1070 g/mol. The van der Waals surface area contributed by atoms with Crippen molar-refractivity contribution < 1.29 is 90.4 Å². The number of aromatic nitrogens is 4. The van der Waals surface area contributed by atoms with E-state index >= 15 is 0 Å². The van der Waals surface area contributed by atoms with Crippen molar-refractivity contribution >= 4 is 45.6 Å². The Bertz CT molecular complexity index is 3360. The van der Waals surface area contributed by atoms with Gasteiger partial charge in [-0.15, -0.1) is 0 Å². The van der Waals surface area contributed by atoms with Crippen LogP contribution in [0, 0.1) is 0 Å². The monoisotopic (exact) mass is 1070 g/mol. The van der Waals surface area contributed by atoms with Crippen molar-refractivity contribution in [1.82, 2.24) is 30.2 Å². The van der Waals surface area contributed by atoms with Gasteiger partial charge in [0.2, 0.25) is 0 Å². The molecule has 0 aliphatic carbocycles. The molecular formula is C57H55F6N6NaO7. The fraction of sp³-hybridized carbons (Fsp3) is 0.263. The van der Waals surface area contributed by atoms with Crippen molar-refractivity contribution in [3.05, 3.63) is 200 Å². The number of rotatable bonds is 14. The Kier molecular flexibility index (Phi) is 19.8. The quantitative estimate of drug-likeness (QED) is 0.0541. The molecule has 0 saturated carbocycles. The zero-order valence-electron chi connectivity index (χ0n) is 43.4. The van der Waals surface area contributed by atoms with Gasteiger partial charge in [-0.3, -0.25) is 19.0 Å². The van der Waals surface area contributed by atoms with Crippen LogP contribution in [0.5, 0.6) is 0 Å². The van der Waals surface area contributed by atoms with Crippen molar-refractivity contribution in [2.75, 3.05) is 7.11 Å². The molecule has 0 radical (unpaired) electrons. The van der Waals surface area contributed by atoms with E-state index in [9.17, 15) is 45.5 Å². The predicted octanol–water partition coefficient (Wildman–Crippen LogP) is 9.75. The number of carbonyl (C=O) groups excluding carboxylic acids is 3. The first-order valence-corrected chi connectivity index (χ1v) is 23.9. The summed E-state index contributed by atoms with van der Waals surface area (Å²) < 4.78 is 86.0. The molecule has 20 heteroatoms. The Labute approximate surface area is 462 Å². The molecule has 6 aromatic carbocycles. The fourth-order valence-electron chi connectivity index (χ4n) is 8.62. The second-order valence-corrected chi connectivity index (χ2v) is 18.6. The van der Waals surface area contributed by atoms with Crippen LogP contribution < -0.4 is 40.2 Å². The SMILES string of the molecule is CC(C)n1nc2cccc(Cc3ccc(C(F)(F)F)cc3)c2c1C(=O)N[C@@H](C)c1ccc(C(=O)O)cc1.COC(=O)c1ccc([C@H](C)NC(=O)c2c3c(Cc4ccc(C(F)(F)F)cc4)cccc3nn2C(C)C)cc1.[Na+].[OH-]. The van der Waals surface area contributed by atoms with E-state index in [1.54, 1.807) is 58.8 Å². The third-order valence-electron chi connectivity index (χ3n) is 12.6. The number of amides is 2. The number of hydrogen-bond acceptors (Lipinski definition) is 8. The summed E-state index contributed by atoms with van der Waals surface area (Å²) in [6.45, 7) is 11.3. The smallest absolute Gasteiger partial charge is 0.870 e. The molecule has 0 unspecified atom stereocenters. The summed E-state index contributed by atoms with van der Waals surface area (Å²) in [6, 6.07) is 33.0. The van der Waals surface area contributed by atoms with E-state index < -0.39 is 41.5 Å². The number of fused-ring (bicyclic) bond motifs is 2. The first-order valence-electron chi connectivity index (χ1n) is 23.9. The number of halogens is 6. The molecule has 0 bridgehead atoms. The number of aromatic carboxylic acids is 1. The molecule has 0 fully saturated rings. The molecule has 0 aliphatic heterocycles. The third-order valence-corrected chi connectivity index (χ3v) is 12.6. The maximum absolute atomic E-state index is 13.6. The van der Waals surface area contributed by atoms with Crippen molar-refractivity contribution in [2.24, 2.45) is 0 Å². The summed E-state index contributed by atoms with van der Waals surface area (Å²) in [6.07, 6.45) is -8.15. The van der Waals surface area contributed by atoms with Gasteiger partial charge in [0.25, 0.3) is 11.8 Å². The Morgan fingerprint density at radius 2 is 0.896 bits per heavy atom. The van der Waals surface area contributed by atoms with Crippen LogP contribution in [0.1, 0.15) is 152 Å². The van der Waals surface area contributed by atoms with Crippen LogP contribution >= 0.6 is 0 Å². The van der Waals surface area contributed by atoms with Crippen LogP contribution in [0.4, 0.5) is 26.3 Å². The minimum Gasteiger partial charge on any atom is -0.870 e. The number of carboxylic acid groups (broad SMARTS) is 1. The summed E-state index contributed by atoms with van der Waals surface area (Å²) in [5.74, 6) is -2.16. The molecular weight excluding hydrogens is 1020 g/mol. The Balaban J connectivity index is 0.000000277. The molecule has 2 amide bonds. The molecule has 2 heterocycles. The first-order chi connectivity index (χ1) is 35.4. The largest absolute Gasteiger partial charge is 1.00 e. The Hall–Kier alpha value is -7.32. The molecule has 398 valence electrons. The molecule has 8 rings (SSSR count). The summed E-state index contributed by atoms with van der Waals surface area (Å²) in [5, 5.41) is 25.7. The molecule has 0 saturated heterocycles. The minimum absolute atomic E-state index is 0. The van der Waals surface area contributed by atoms with Gasteiger partial charge in [-0.25, -0.2) is 9.59 Å². The van der Waals surface area contributed by atoms with Crippen LogP contribution in [0.2, 0.25) is 0 Å². The fourth-order valence-corrected chi connectivity index (χ4v) is 8.62. The van der Waals surface area contributed by atoms with Gasteiger partial charge in [0.05, 0.1) is 52.5 Å². The van der Waals surface area contributed by atoms with Gasteiger partial charge >= 0.3 is 53.8 Å². The number of nitrogens with zero attached hydrogens (tertiary/aromatic N) is 4. The average Bonchev–Trinajstić information content (AvgIpc) is 4.00. The van der Waals surface area contributed by atoms with Gasteiger partial charge in [0.1, 0.15) is 11.4 Å². The summed E-state index contributed by atoms with van der Waals surface area (Å²) >= 11 is 0. The second kappa shape index (κ2) is 25.2. The number of nitrogens with one attached hydrogen (secondary N) is 2. The number of ether oxygens (including phenoxy) is 1. The van der Waals surface area contributed by atoms with E-state index in [1.165, 1.54) is 43.5 Å². The minimum atomic E-state index is -4.41. The van der Waals surface area contributed by atoms with Crippen LogP contribution in [0.25, 0.3) is 21.8 Å². The first kappa shape index (κ1) is 60.5. The standard InChI is InChI=1S/C29H28F3N3O3.C28H26F3N3O3.Na.H2O/c1-17(2)35-26(27(36)33-18(3)20-10-12-21(13-11-20)28(37)38-4)25-22(6-5-7-24(25)34-35)16-19-8-14-23(15-9-19)29(30,31)32;1-16(2)34-25(26(35)32-17(3)19-9-11-20(12-10-19)27(36)37)24-21(5-4-6-23(24)33-34)15-18-7-13-22(14-8-18)28(29,30)31;;/h5-15,17-18H,16H2,1-4H3,(H,33,36);4-14,16-17H,15H2,1-3H3,(H,32,35)(H,36,37);;1H2/q;;+1;/p-1/t18-;17-;;/m00../s1. The topological polar surface area (TPSA) is 187 Å². The van der Waals surface area contributed by atoms with Crippen LogP contribution in [-0.4, -0.2) is 61.0 Å². The summed E-state index contributed by atoms with van der Waals surface area (Å²) in [5.41, 5.74) is 5.59. The number of esters is 1. The normalized spacial score (nSPS) is 12.2. The molecule has 8 aromatic rings. The van der Waals surface area contributed by atoms with Crippen LogP contribution in [0.15, 0.2) is 133 Å². The zero-order chi connectivity index (χ0) is 54.5. The van der Waals surface area contributed by atoms with Gasteiger partial charge in [0.15, 0.2) is 0 Å². The summed E-state index contributed by atoms with van der Waals surface area (Å²) in [4.78, 5) is 50.1. The van der Waals surface area contributed by atoms with Crippen LogP contribution in [-0.2, 0) is 29.9 Å². The number of methoxy groups -OCH3 is 1. The van der Waals surface area contributed by atoms with Gasteiger partial charge < -0.3 is 26.0 Å². The summed E-state index contributed by atoms with van der Waals surface area (Å²) in [7, 11) is 1.31. The van der Waals surface area contributed by atoms with E-state index in [0.29, 0.717) is 62.7 Å². The van der Waals surface area contributed by atoms with Crippen molar-refractivity contribution in [3.63, 3.8) is 0 Å². The van der Waals surface area contributed by atoms with Gasteiger partial charge in [-0.1, -0.05) is 72.8 Å². The maximum atomic E-state index is 13.6. The van der Waals surface area contributed by atoms with E-state index in [0.717, 1.165) is 46.5 Å². The molecule has 77 heavy (non-hydrogen) atoms. The molecule has 0 aliphatic rings. The number of carbonyl (C=O) groups is 4. The molecule has 4 N–H and O–H groups in total. The molecule has 0 spiro atoms. The van der Waals surface area contributed by atoms with E-state index in [1.807, 2.05) is 65.0 Å². The van der Waals surface area contributed by atoms with E-state index in [2.05, 4.69) is 20.8 Å². The Morgan fingerprint density at radius 3 is 1.21 bits per heavy atom.